The lowest BCUT2D eigenvalue weighted by atomic mass is 10.2. The molecule has 2 rings (SSSR count). The van der Waals surface area contributed by atoms with Crippen molar-refractivity contribution in [1.29, 1.82) is 0 Å². The predicted octanol–water partition coefficient (Wildman–Crippen LogP) is 3.35. The van der Waals surface area contributed by atoms with Crippen LogP contribution in [0.4, 0.5) is 11.4 Å². The Morgan fingerprint density at radius 2 is 2.22 bits per heavy atom. The molecule has 96 valence electrons. The fraction of sp³-hybridized carbons (Fsp3) is 0.300. The lowest BCUT2D eigenvalue weighted by molar-refractivity contribution is -0.384. The number of alkyl halides is 1. The van der Waals surface area contributed by atoms with Crippen molar-refractivity contribution in [3.05, 3.63) is 30.8 Å². The molecule has 1 saturated heterocycles. The molecule has 8 heteroatoms. The summed E-state index contributed by atoms with van der Waals surface area (Å²) in [5.41, 5.74) is 0.163. The van der Waals surface area contributed by atoms with Gasteiger partial charge in [-0.15, -0.1) is 0 Å². The zero-order valence-electron chi connectivity index (χ0n) is 8.90. The predicted molar refractivity (Wildman–Crippen MR) is 80.5 cm³/mol. The van der Waals surface area contributed by atoms with Crippen molar-refractivity contribution < 1.29 is 9.72 Å². The SMILES string of the molecule is O=C1CC(Br)CN1c1cc(Cl)c(I)cc1[N+](=O)[O-]. The zero-order valence-corrected chi connectivity index (χ0v) is 13.4. The van der Waals surface area contributed by atoms with Crippen LogP contribution < -0.4 is 4.90 Å². The summed E-state index contributed by atoms with van der Waals surface area (Å²) in [4.78, 5) is 23.7. The number of carbonyl (C=O) groups excluding carboxylic acids is 1. The maximum absolute atomic E-state index is 11.8. The van der Waals surface area contributed by atoms with E-state index in [9.17, 15) is 14.9 Å². The minimum atomic E-state index is -0.497. The largest absolute Gasteiger partial charge is 0.305 e. The normalized spacial score (nSPS) is 19.4. The fourth-order valence-electron chi connectivity index (χ4n) is 1.79. The summed E-state index contributed by atoms with van der Waals surface area (Å²) in [6.07, 6.45) is 0.334. The highest BCUT2D eigenvalue weighted by Gasteiger charge is 2.33. The Balaban J connectivity index is 2.52. The molecular formula is C10H7BrClIN2O3. The Labute approximate surface area is 130 Å². The van der Waals surface area contributed by atoms with Crippen LogP contribution in [0.2, 0.25) is 5.02 Å². The Bertz CT molecular complexity index is 540. The number of amides is 1. The van der Waals surface area contributed by atoms with Gasteiger partial charge in [-0.2, -0.15) is 0 Å². The number of carbonyl (C=O) groups is 1. The number of benzene rings is 1. The van der Waals surface area contributed by atoms with Gasteiger partial charge in [0.1, 0.15) is 5.69 Å². The molecule has 1 aliphatic heterocycles. The molecule has 1 fully saturated rings. The van der Waals surface area contributed by atoms with E-state index in [0.717, 1.165) is 0 Å². The highest BCUT2D eigenvalue weighted by Crippen LogP contribution is 2.37. The first-order valence-corrected chi connectivity index (χ1v) is 7.35. The zero-order chi connectivity index (χ0) is 13.4. The summed E-state index contributed by atoms with van der Waals surface area (Å²) in [6.45, 7) is 0.413. The van der Waals surface area contributed by atoms with Crippen LogP contribution in [0.3, 0.4) is 0 Å². The minimum Gasteiger partial charge on any atom is -0.305 e. The van der Waals surface area contributed by atoms with Gasteiger partial charge in [-0.1, -0.05) is 27.5 Å². The third-order valence-electron chi connectivity index (χ3n) is 2.58. The summed E-state index contributed by atoms with van der Waals surface area (Å²) in [5.74, 6) is -0.141. The fourth-order valence-corrected chi connectivity index (χ4v) is 2.96. The Morgan fingerprint density at radius 1 is 1.56 bits per heavy atom. The molecule has 0 saturated carbocycles. The van der Waals surface area contributed by atoms with Crippen LogP contribution in [0.1, 0.15) is 6.42 Å². The standard InChI is InChI=1S/C10H7BrClIN2O3/c11-5-1-10(16)14(4-5)8-2-6(12)7(13)3-9(8)15(17)18/h2-3,5H,1,4H2. The number of nitro groups is 1. The molecule has 0 N–H and O–H groups in total. The number of rotatable bonds is 2. The van der Waals surface area contributed by atoms with Crippen LogP contribution in [0.25, 0.3) is 0 Å². The second-order valence-corrected chi connectivity index (χ2v) is 6.68. The number of hydrogen-bond donors (Lipinski definition) is 0. The lowest BCUT2D eigenvalue weighted by Crippen LogP contribution is -2.25. The third-order valence-corrected chi connectivity index (χ3v) is 4.72. The van der Waals surface area contributed by atoms with Crippen LogP contribution in [0, 0.1) is 13.7 Å². The number of anilines is 1. The van der Waals surface area contributed by atoms with E-state index in [1.807, 2.05) is 22.6 Å². The number of halogens is 3. The first kappa shape index (κ1) is 14.0. The number of hydrogen-bond acceptors (Lipinski definition) is 3. The van der Waals surface area contributed by atoms with Gasteiger partial charge in [0, 0.05) is 27.4 Å². The lowest BCUT2D eigenvalue weighted by Gasteiger charge is -2.16. The molecule has 5 nitrogen and oxygen atoms in total. The summed E-state index contributed by atoms with van der Waals surface area (Å²) >= 11 is 11.2. The van der Waals surface area contributed by atoms with Gasteiger partial charge in [0.25, 0.3) is 5.69 Å². The van der Waals surface area contributed by atoms with E-state index in [0.29, 0.717) is 21.6 Å². The van der Waals surface area contributed by atoms with Crippen molar-refractivity contribution in [2.75, 3.05) is 11.4 Å². The molecule has 0 radical (unpaired) electrons. The van der Waals surface area contributed by atoms with E-state index in [2.05, 4.69) is 15.9 Å². The van der Waals surface area contributed by atoms with Gasteiger partial charge in [0.15, 0.2) is 0 Å². The second-order valence-electron chi connectivity index (χ2n) is 3.82. The van der Waals surface area contributed by atoms with Crippen molar-refractivity contribution in [2.45, 2.75) is 11.2 Å². The first-order chi connectivity index (χ1) is 8.40. The van der Waals surface area contributed by atoms with E-state index in [1.165, 1.54) is 17.0 Å². The number of nitro benzene ring substituents is 1. The van der Waals surface area contributed by atoms with Gasteiger partial charge in [-0.25, -0.2) is 0 Å². The summed E-state index contributed by atoms with van der Waals surface area (Å²) < 4.78 is 0.590. The van der Waals surface area contributed by atoms with Gasteiger partial charge in [-0.05, 0) is 28.7 Å². The topological polar surface area (TPSA) is 63.5 Å². The molecule has 1 aromatic carbocycles. The van der Waals surface area contributed by atoms with Crippen molar-refractivity contribution in [1.82, 2.24) is 0 Å². The minimum absolute atomic E-state index is 0.0163. The molecule has 1 amide bonds. The molecule has 0 aromatic heterocycles. The smallest absolute Gasteiger partial charge is 0.294 e. The van der Waals surface area contributed by atoms with Crippen molar-refractivity contribution in [3.8, 4) is 0 Å². The quantitative estimate of drug-likeness (QED) is 0.304. The van der Waals surface area contributed by atoms with Crippen LogP contribution >= 0.6 is 50.1 Å². The molecule has 1 unspecified atom stereocenters. The average molecular weight is 445 g/mol. The van der Waals surface area contributed by atoms with Crippen molar-refractivity contribution in [3.63, 3.8) is 0 Å². The monoisotopic (exact) mass is 444 g/mol. The van der Waals surface area contributed by atoms with Gasteiger partial charge >= 0.3 is 0 Å². The Morgan fingerprint density at radius 3 is 2.72 bits per heavy atom. The Hall–Kier alpha value is -0.410. The molecule has 1 aliphatic rings. The second kappa shape index (κ2) is 5.30. The molecule has 1 atom stereocenters. The van der Waals surface area contributed by atoms with E-state index < -0.39 is 4.92 Å². The average Bonchev–Trinajstić information content (AvgIpc) is 2.61. The number of nitrogens with zero attached hydrogens (tertiary/aromatic N) is 2. The molecule has 0 bridgehead atoms. The van der Waals surface area contributed by atoms with Gasteiger partial charge in [-0.3, -0.25) is 14.9 Å². The molecule has 0 spiro atoms. The molecule has 1 heterocycles. The van der Waals surface area contributed by atoms with E-state index >= 15 is 0 Å². The van der Waals surface area contributed by atoms with Gasteiger partial charge in [0.05, 0.1) is 9.95 Å². The Kier molecular flexibility index (Phi) is 4.12. The highest BCUT2D eigenvalue weighted by molar-refractivity contribution is 14.1. The maximum atomic E-state index is 11.8. The summed E-state index contributed by atoms with van der Waals surface area (Å²) in [5, 5.41) is 11.4. The molecular weight excluding hydrogens is 438 g/mol. The first-order valence-electron chi connectivity index (χ1n) is 4.98. The summed E-state index contributed by atoms with van der Waals surface area (Å²) in [7, 11) is 0. The third kappa shape index (κ3) is 2.62. The summed E-state index contributed by atoms with van der Waals surface area (Å²) in [6, 6.07) is 2.86. The van der Waals surface area contributed by atoms with Crippen molar-refractivity contribution in [2.24, 2.45) is 0 Å². The molecule has 0 aliphatic carbocycles. The van der Waals surface area contributed by atoms with E-state index in [-0.39, 0.29) is 22.1 Å². The van der Waals surface area contributed by atoms with Crippen LogP contribution in [0.15, 0.2) is 12.1 Å². The van der Waals surface area contributed by atoms with Gasteiger partial charge in [0.2, 0.25) is 5.91 Å². The maximum Gasteiger partial charge on any atom is 0.294 e. The van der Waals surface area contributed by atoms with Crippen LogP contribution in [0.5, 0.6) is 0 Å². The van der Waals surface area contributed by atoms with E-state index in [4.69, 9.17) is 11.6 Å². The highest BCUT2D eigenvalue weighted by atomic mass is 127. The van der Waals surface area contributed by atoms with Crippen LogP contribution in [-0.2, 0) is 4.79 Å². The molecule has 1 aromatic rings. The van der Waals surface area contributed by atoms with E-state index in [1.54, 1.807) is 0 Å². The van der Waals surface area contributed by atoms with Crippen molar-refractivity contribution >= 4 is 67.4 Å². The van der Waals surface area contributed by atoms with Gasteiger partial charge < -0.3 is 4.90 Å². The molecule has 18 heavy (non-hydrogen) atoms. The van der Waals surface area contributed by atoms with Crippen LogP contribution in [-0.4, -0.2) is 22.2 Å².